The molecule has 3 N–H and O–H groups in total. The standard InChI is InChI=1S/C19H23N5O4/c25-17(26)12-24-11-16(22-23-24)10-20-18(27)14-7-4-8-15(9-14)21-19(28)13-5-2-1-3-6-13/h4,7-9,11,13H,1-3,5-6,10,12H2,(H,20,27)(H,21,28)(H,25,26). The van der Waals surface area contributed by atoms with Gasteiger partial charge in [0.2, 0.25) is 5.91 Å². The molecule has 3 rings (SSSR count). The molecule has 0 aliphatic heterocycles. The van der Waals surface area contributed by atoms with Crippen LogP contribution in [0.25, 0.3) is 0 Å². The van der Waals surface area contributed by atoms with Crippen molar-refractivity contribution in [3.05, 3.63) is 41.7 Å². The van der Waals surface area contributed by atoms with Gasteiger partial charge in [-0.15, -0.1) is 5.10 Å². The van der Waals surface area contributed by atoms with E-state index in [-0.39, 0.29) is 30.8 Å². The number of aliphatic carboxylic acids is 1. The highest BCUT2D eigenvalue weighted by Crippen LogP contribution is 2.25. The zero-order valence-corrected chi connectivity index (χ0v) is 15.4. The van der Waals surface area contributed by atoms with E-state index in [1.54, 1.807) is 24.3 Å². The second-order valence-electron chi connectivity index (χ2n) is 6.89. The molecule has 0 radical (unpaired) electrons. The predicted octanol–water partition coefficient (Wildman–Crippen LogP) is 1.81. The number of carboxylic acid groups (broad SMARTS) is 1. The summed E-state index contributed by atoms with van der Waals surface area (Å²) in [7, 11) is 0. The van der Waals surface area contributed by atoms with E-state index in [9.17, 15) is 14.4 Å². The molecule has 1 aromatic heterocycles. The molecule has 1 heterocycles. The number of hydrogen-bond acceptors (Lipinski definition) is 5. The van der Waals surface area contributed by atoms with Gasteiger partial charge in [-0.05, 0) is 31.0 Å². The van der Waals surface area contributed by atoms with E-state index in [1.807, 2.05) is 0 Å². The molecule has 28 heavy (non-hydrogen) atoms. The number of carbonyl (C=O) groups excluding carboxylic acids is 2. The number of anilines is 1. The molecule has 9 nitrogen and oxygen atoms in total. The topological polar surface area (TPSA) is 126 Å². The van der Waals surface area contributed by atoms with Crippen molar-refractivity contribution in [2.75, 3.05) is 5.32 Å². The fourth-order valence-corrected chi connectivity index (χ4v) is 3.26. The second-order valence-corrected chi connectivity index (χ2v) is 6.89. The Morgan fingerprint density at radius 2 is 1.96 bits per heavy atom. The molecule has 9 heteroatoms. The quantitative estimate of drug-likeness (QED) is 0.667. The van der Waals surface area contributed by atoms with Crippen molar-refractivity contribution in [3.8, 4) is 0 Å². The number of rotatable bonds is 7. The van der Waals surface area contributed by atoms with Gasteiger partial charge in [0, 0.05) is 17.2 Å². The lowest BCUT2D eigenvalue weighted by molar-refractivity contribution is -0.137. The van der Waals surface area contributed by atoms with Crippen LogP contribution < -0.4 is 10.6 Å². The van der Waals surface area contributed by atoms with Crippen molar-refractivity contribution < 1.29 is 19.5 Å². The van der Waals surface area contributed by atoms with Crippen molar-refractivity contribution in [1.29, 1.82) is 0 Å². The second kappa shape index (κ2) is 9.12. The third-order valence-corrected chi connectivity index (χ3v) is 4.68. The summed E-state index contributed by atoms with van der Waals surface area (Å²) in [5.74, 6) is -1.29. The van der Waals surface area contributed by atoms with Crippen molar-refractivity contribution in [1.82, 2.24) is 20.3 Å². The van der Waals surface area contributed by atoms with Crippen LogP contribution in [-0.4, -0.2) is 37.9 Å². The Balaban J connectivity index is 1.55. The summed E-state index contributed by atoms with van der Waals surface area (Å²) in [6, 6.07) is 6.77. The van der Waals surface area contributed by atoms with Gasteiger partial charge in [0.25, 0.3) is 5.91 Å². The number of benzene rings is 1. The molecule has 1 aliphatic carbocycles. The van der Waals surface area contributed by atoms with Gasteiger partial charge in [-0.2, -0.15) is 0 Å². The zero-order chi connectivity index (χ0) is 19.9. The summed E-state index contributed by atoms with van der Waals surface area (Å²) >= 11 is 0. The van der Waals surface area contributed by atoms with E-state index < -0.39 is 5.97 Å². The van der Waals surface area contributed by atoms with Gasteiger partial charge in [-0.1, -0.05) is 30.5 Å². The molecule has 1 saturated carbocycles. The lowest BCUT2D eigenvalue weighted by Crippen LogP contribution is -2.25. The van der Waals surface area contributed by atoms with Crippen LogP contribution in [0.1, 0.15) is 48.2 Å². The lowest BCUT2D eigenvalue weighted by atomic mass is 9.88. The maximum atomic E-state index is 12.4. The minimum absolute atomic E-state index is 0.00676. The molecule has 0 saturated heterocycles. The summed E-state index contributed by atoms with van der Waals surface area (Å²) in [5.41, 5.74) is 1.46. The molecule has 0 unspecified atom stereocenters. The number of nitrogens with zero attached hydrogens (tertiary/aromatic N) is 3. The molecule has 1 aromatic carbocycles. The Morgan fingerprint density at radius 3 is 2.71 bits per heavy atom. The van der Waals surface area contributed by atoms with E-state index in [4.69, 9.17) is 5.11 Å². The van der Waals surface area contributed by atoms with Crippen LogP contribution in [0, 0.1) is 5.92 Å². The van der Waals surface area contributed by atoms with E-state index in [1.165, 1.54) is 17.3 Å². The molecule has 0 atom stereocenters. The SMILES string of the molecule is O=C(O)Cn1cc(CNC(=O)c2cccc(NC(=O)C3CCCCC3)c2)nn1. The molecule has 0 spiro atoms. The smallest absolute Gasteiger partial charge is 0.325 e. The average Bonchev–Trinajstić information content (AvgIpc) is 3.13. The number of nitrogens with one attached hydrogen (secondary N) is 2. The monoisotopic (exact) mass is 385 g/mol. The minimum atomic E-state index is -1.02. The van der Waals surface area contributed by atoms with E-state index in [0.717, 1.165) is 25.7 Å². The van der Waals surface area contributed by atoms with Crippen LogP contribution in [0.3, 0.4) is 0 Å². The first-order valence-electron chi connectivity index (χ1n) is 9.31. The first-order chi connectivity index (χ1) is 13.5. The van der Waals surface area contributed by atoms with Crippen LogP contribution in [-0.2, 0) is 22.7 Å². The highest BCUT2D eigenvalue weighted by molar-refractivity contribution is 5.97. The molecular formula is C19H23N5O4. The normalized spacial score (nSPS) is 14.4. The van der Waals surface area contributed by atoms with Gasteiger partial charge in [-0.25, -0.2) is 4.68 Å². The van der Waals surface area contributed by atoms with Gasteiger partial charge in [0.1, 0.15) is 12.2 Å². The summed E-state index contributed by atoms with van der Waals surface area (Å²) in [6.45, 7) is -0.166. The molecule has 0 bridgehead atoms. The lowest BCUT2D eigenvalue weighted by Gasteiger charge is -2.20. The predicted molar refractivity (Wildman–Crippen MR) is 100 cm³/mol. The number of carbonyl (C=O) groups is 3. The van der Waals surface area contributed by atoms with E-state index >= 15 is 0 Å². The van der Waals surface area contributed by atoms with Gasteiger partial charge in [-0.3, -0.25) is 14.4 Å². The van der Waals surface area contributed by atoms with Crippen LogP contribution in [0.5, 0.6) is 0 Å². The van der Waals surface area contributed by atoms with Crippen LogP contribution >= 0.6 is 0 Å². The molecule has 1 aliphatic rings. The minimum Gasteiger partial charge on any atom is -0.480 e. The van der Waals surface area contributed by atoms with Crippen molar-refractivity contribution in [2.24, 2.45) is 5.92 Å². The summed E-state index contributed by atoms with van der Waals surface area (Å²) < 4.78 is 1.19. The number of aromatic nitrogens is 3. The van der Waals surface area contributed by atoms with Crippen molar-refractivity contribution >= 4 is 23.5 Å². The maximum absolute atomic E-state index is 12.4. The van der Waals surface area contributed by atoms with Crippen molar-refractivity contribution in [3.63, 3.8) is 0 Å². The Morgan fingerprint density at radius 1 is 1.18 bits per heavy atom. The first kappa shape index (κ1) is 19.5. The Labute approximate surface area is 162 Å². The highest BCUT2D eigenvalue weighted by atomic mass is 16.4. The van der Waals surface area contributed by atoms with Gasteiger partial charge in [0.05, 0.1) is 12.7 Å². The fourth-order valence-electron chi connectivity index (χ4n) is 3.26. The summed E-state index contributed by atoms with van der Waals surface area (Å²) in [4.78, 5) is 35.4. The maximum Gasteiger partial charge on any atom is 0.325 e. The highest BCUT2D eigenvalue weighted by Gasteiger charge is 2.21. The van der Waals surface area contributed by atoms with E-state index in [2.05, 4.69) is 20.9 Å². The molecular weight excluding hydrogens is 362 g/mol. The molecule has 1 fully saturated rings. The van der Waals surface area contributed by atoms with Gasteiger partial charge in [0.15, 0.2) is 0 Å². The van der Waals surface area contributed by atoms with Crippen molar-refractivity contribution in [2.45, 2.75) is 45.2 Å². The van der Waals surface area contributed by atoms with E-state index in [0.29, 0.717) is 16.9 Å². The van der Waals surface area contributed by atoms with Crippen LogP contribution in [0.15, 0.2) is 30.5 Å². The molecule has 2 amide bonds. The molecule has 2 aromatic rings. The molecule has 148 valence electrons. The third kappa shape index (κ3) is 5.38. The number of hydrogen-bond donors (Lipinski definition) is 3. The zero-order valence-electron chi connectivity index (χ0n) is 15.4. The third-order valence-electron chi connectivity index (χ3n) is 4.68. The van der Waals surface area contributed by atoms with Gasteiger partial charge >= 0.3 is 5.97 Å². The van der Waals surface area contributed by atoms with Crippen LogP contribution in [0.2, 0.25) is 0 Å². The average molecular weight is 385 g/mol. The first-order valence-corrected chi connectivity index (χ1v) is 9.31. The largest absolute Gasteiger partial charge is 0.480 e. The summed E-state index contributed by atoms with van der Waals surface area (Å²) in [6.07, 6.45) is 6.64. The Hall–Kier alpha value is -3.23. The van der Waals surface area contributed by atoms with Gasteiger partial charge < -0.3 is 15.7 Å². The number of carboxylic acids is 1. The summed E-state index contributed by atoms with van der Waals surface area (Å²) in [5, 5.41) is 21.8. The Bertz CT molecular complexity index is 858. The van der Waals surface area contributed by atoms with Crippen LogP contribution in [0.4, 0.5) is 5.69 Å². The number of amides is 2. The fraction of sp³-hybridized carbons (Fsp3) is 0.421. The Kier molecular flexibility index (Phi) is 6.36.